The Morgan fingerprint density at radius 3 is 2.61 bits per heavy atom. The van der Waals surface area contributed by atoms with Gasteiger partial charge in [0.25, 0.3) is 5.91 Å². The predicted octanol–water partition coefficient (Wildman–Crippen LogP) is 2.69. The fourth-order valence-electron chi connectivity index (χ4n) is 2.67. The number of hydrogen-bond donors (Lipinski definition) is 2. The predicted molar refractivity (Wildman–Crippen MR) is 103 cm³/mol. The lowest BCUT2D eigenvalue weighted by atomic mass is 10.1. The van der Waals surface area contributed by atoms with Gasteiger partial charge in [-0.3, -0.25) is 14.4 Å². The second-order valence-electron chi connectivity index (χ2n) is 6.33. The molecule has 8 heteroatoms. The lowest BCUT2D eigenvalue weighted by molar-refractivity contribution is -0.135. The van der Waals surface area contributed by atoms with Crippen LogP contribution in [0.4, 0.5) is 15.8 Å². The number of hydrazone groups is 1. The molecular formula is C20H19FN4O3. The maximum absolute atomic E-state index is 13.4. The third kappa shape index (κ3) is 4.79. The molecule has 0 aromatic heterocycles. The minimum Gasteiger partial charge on any atom is -0.324 e. The van der Waals surface area contributed by atoms with Crippen LogP contribution in [0.3, 0.4) is 0 Å². The van der Waals surface area contributed by atoms with Crippen molar-refractivity contribution in [3.8, 4) is 0 Å². The minimum atomic E-state index is -0.532. The van der Waals surface area contributed by atoms with E-state index in [4.69, 9.17) is 0 Å². The first-order chi connectivity index (χ1) is 13.4. The molecule has 3 amide bonds. The molecule has 7 nitrogen and oxygen atoms in total. The molecule has 0 saturated heterocycles. The summed E-state index contributed by atoms with van der Waals surface area (Å²) >= 11 is 0. The van der Waals surface area contributed by atoms with Crippen molar-refractivity contribution >= 4 is 34.8 Å². The fraction of sp³-hybridized carbons (Fsp3) is 0.200. The van der Waals surface area contributed by atoms with Gasteiger partial charge in [-0.25, -0.2) is 9.40 Å². The highest BCUT2D eigenvalue weighted by atomic mass is 19.1. The SMILES string of the molecule is Cc1ccc(F)cc1NC(=O)CN1N=C(C(=O)Nc2ccccc2)CCC1=O. The number of carbonyl (C=O) groups is 3. The number of nitrogens with zero attached hydrogens (tertiary/aromatic N) is 2. The van der Waals surface area contributed by atoms with Gasteiger partial charge >= 0.3 is 0 Å². The number of rotatable bonds is 5. The normalized spacial score (nSPS) is 13.7. The van der Waals surface area contributed by atoms with E-state index in [0.29, 0.717) is 16.9 Å². The minimum absolute atomic E-state index is 0.0767. The van der Waals surface area contributed by atoms with Crippen molar-refractivity contribution in [1.29, 1.82) is 0 Å². The van der Waals surface area contributed by atoms with Crippen molar-refractivity contribution in [2.75, 3.05) is 17.2 Å². The molecule has 0 spiro atoms. The van der Waals surface area contributed by atoms with Crippen LogP contribution in [0.1, 0.15) is 18.4 Å². The number of anilines is 2. The van der Waals surface area contributed by atoms with Gasteiger partial charge in [-0.1, -0.05) is 24.3 Å². The van der Waals surface area contributed by atoms with Crippen LogP contribution in [0.25, 0.3) is 0 Å². The molecule has 1 aliphatic heterocycles. The van der Waals surface area contributed by atoms with Gasteiger partial charge in [0.15, 0.2) is 0 Å². The van der Waals surface area contributed by atoms with Gasteiger partial charge in [0, 0.05) is 24.2 Å². The summed E-state index contributed by atoms with van der Waals surface area (Å²) in [5.41, 5.74) is 1.78. The summed E-state index contributed by atoms with van der Waals surface area (Å²) in [6.07, 6.45) is 0.270. The van der Waals surface area contributed by atoms with E-state index in [2.05, 4.69) is 15.7 Å². The first-order valence-electron chi connectivity index (χ1n) is 8.72. The van der Waals surface area contributed by atoms with Gasteiger partial charge in [-0.2, -0.15) is 5.10 Å². The highest BCUT2D eigenvalue weighted by Crippen LogP contribution is 2.17. The van der Waals surface area contributed by atoms with Crippen LogP contribution in [0.2, 0.25) is 0 Å². The molecule has 2 aromatic carbocycles. The van der Waals surface area contributed by atoms with Gasteiger partial charge in [-0.05, 0) is 36.8 Å². The molecular weight excluding hydrogens is 363 g/mol. The van der Waals surface area contributed by atoms with E-state index in [1.165, 1.54) is 12.1 Å². The molecule has 0 aliphatic carbocycles. The molecule has 28 heavy (non-hydrogen) atoms. The molecule has 0 saturated carbocycles. The van der Waals surface area contributed by atoms with E-state index < -0.39 is 17.6 Å². The molecule has 0 atom stereocenters. The molecule has 1 heterocycles. The Bertz CT molecular complexity index is 944. The van der Waals surface area contributed by atoms with Crippen LogP contribution >= 0.6 is 0 Å². The van der Waals surface area contributed by atoms with Crippen molar-refractivity contribution in [3.63, 3.8) is 0 Å². The van der Waals surface area contributed by atoms with Gasteiger partial charge in [0.2, 0.25) is 11.8 Å². The average Bonchev–Trinajstić information content (AvgIpc) is 2.67. The summed E-state index contributed by atoms with van der Waals surface area (Å²) in [6.45, 7) is 1.36. The second-order valence-corrected chi connectivity index (χ2v) is 6.33. The van der Waals surface area contributed by atoms with E-state index in [1.807, 2.05) is 6.07 Å². The van der Waals surface area contributed by atoms with Gasteiger partial charge < -0.3 is 10.6 Å². The molecule has 1 aliphatic rings. The van der Waals surface area contributed by atoms with Crippen molar-refractivity contribution < 1.29 is 18.8 Å². The Labute approximate surface area is 161 Å². The van der Waals surface area contributed by atoms with Crippen molar-refractivity contribution in [2.45, 2.75) is 19.8 Å². The smallest absolute Gasteiger partial charge is 0.271 e. The molecule has 3 rings (SSSR count). The Balaban J connectivity index is 1.67. The summed E-state index contributed by atoms with van der Waals surface area (Å²) in [4.78, 5) is 36.7. The Hall–Kier alpha value is -3.55. The molecule has 0 fully saturated rings. The highest BCUT2D eigenvalue weighted by molar-refractivity contribution is 6.43. The summed E-state index contributed by atoms with van der Waals surface area (Å²) in [5.74, 6) is -1.80. The molecule has 0 radical (unpaired) electrons. The third-order valence-corrected chi connectivity index (χ3v) is 4.17. The number of hydrogen-bond acceptors (Lipinski definition) is 4. The Morgan fingerprint density at radius 1 is 1.11 bits per heavy atom. The topological polar surface area (TPSA) is 90.9 Å². The number of halogens is 1. The first kappa shape index (κ1) is 19.2. The number of nitrogens with one attached hydrogen (secondary N) is 2. The zero-order valence-corrected chi connectivity index (χ0v) is 15.2. The van der Waals surface area contributed by atoms with E-state index >= 15 is 0 Å². The molecule has 2 aromatic rings. The van der Waals surface area contributed by atoms with Crippen LogP contribution in [-0.2, 0) is 14.4 Å². The number of aryl methyl sites for hydroxylation is 1. The lowest BCUT2D eigenvalue weighted by Gasteiger charge is -2.22. The van der Waals surface area contributed by atoms with E-state index in [-0.39, 0.29) is 31.0 Å². The quantitative estimate of drug-likeness (QED) is 0.833. The van der Waals surface area contributed by atoms with E-state index in [9.17, 15) is 18.8 Å². The zero-order chi connectivity index (χ0) is 20.1. The van der Waals surface area contributed by atoms with Crippen molar-refractivity contribution in [3.05, 3.63) is 59.9 Å². The number of benzene rings is 2. The summed E-state index contributed by atoms with van der Waals surface area (Å²) in [5, 5.41) is 10.3. The Kier molecular flexibility index (Phi) is 5.78. The van der Waals surface area contributed by atoms with Gasteiger partial charge in [-0.15, -0.1) is 0 Å². The maximum Gasteiger partial charge on any atom is 0.271 e. The zero-order valence-electron chi connectivity index (χ0n) is 15.2. The monoisotopic (exact) mass is 382 g/mol. The molecule has 0 unspecified atom stereocenters. The summed E-state index contributed by atoms with van der Waals surface area (Å²) in [6, 6.07) is 12.9. The van der Waals surface area contributed by atoms with Crippen LogP contribution in [0.15, 0.2) is 53.6 Å². The largest absolute Gasteiger partial charge is 0.324 e. The van der Waals surface area contributed by atoms with Crippen molar-refractivity contribution in [1.82, 2.24) is 5.01 Å². The third-order valence-electron chi connectivity index (χ3n) is 4.17. The number of amides is 3. The number of carbonyl (C=O) groups excluding carboxylic acids is 3. The second kappa shape index (κ2) is 8.43. The molecule has 2 N–H and O–H groups in total. The molecule has 144 valence electrons. The molecule has 0 bridgehead atoms. The first-order valence-corrected chi connectivity index (χ1v) is 8.72. The van der Waals surface area contributed by atoms with E-state index in [0.717, 1.165) is 5.01 Å². The van der Waals surface area contributed by atoms with Gasteiger partial charge in [0.05, 0.1) is 0 Å². The average molecular weight is 382 g/mol. The summed E-state index contributed by atoms with van der Waals surface area (Å²) in [7, 11) is 0. The van der Waals surface area contributed by atoms with Crippen LogP contribution in [0.5, 0.6) is 0 Å². The number of para-hydroxylation sites is 1. The highest BCUT2D eigenvalue weighted by Gasteiger charge is 2.26. The van der Waals surface area contributed by atoms with Crippen LogP contribution in [-0.4, -0.2) is 35.0 Å². The van der Waals surface area contributed by atoms with Crippen molar-refractivity contribution in [2.24, 2.45) is 5.10 Å². The lowest BCUT2D eigenvalue weighted by Crippen LogP contribution is -2.40. The van der Waals surface area contributed by atoms with E-state index in [1.54, 1.807) is 37.3 Å². The standard InChI is InChI=1S/C20H19FN4O3/c1-13-7-8-14(21)11-17(13)23-18(26)12-25-19(27)10-9-16(24-25)20(28)22-15-5-3-2-4-6-15/h2-8,11H,9-10,12H2,1H3,(H,22,28)(H,23,26). The van der Waals surface area contributed by atoms with Crippen LogP contribution < -0.4 is 10.6 Å². The van der Waals surface area contributed by atoms with Crippen LogP contribution in [0, 0.1) is 12.7 Å². The maximum atomic E-state index is 13.4. The Morgan fingerprint density at radius 2 is 1.86 bits per heavy atom. The fourth-order valence-corrected chi connectivity index (χ4v) is 2.67. The summed E-state index contributed by atoms with van der Waals surface area (Å²) < 4.78 is 13.4. The van der Waals surface area contributed by atoms with Gasteiger partial charge in [0.1, 0.15) is 18.1 Å².